The third-order valence-electron chi connectivity index (χ3n) is 8.46. The summed E-state index contributed by atoms with van der Waals surface area (Å²) < 4.78 is 2.23. The number of nitrogens with zero attached hydrogens (tertiary/aromatic N) is 1. The molecule has 3 atom stereocenters. The molecule has 1 aromatic heterocycles. The van der Waals surface area contributed by atoms with Gasteiger partial charge in [-0.1, -0.05) is 62.2 Å². The van der Waals surface area contributed by atoms with E-state index in [0.717, 1.165) is 11.8 Å². The summed E-state index contributed by atoms with van der Waals surface area (Å²) in [5.74, 6) is 1.69. The summed E-state index contributed by atoms with van der Waals surface area (Å²) >= 11 is 0. The van der Waals surface area contributed by atoms with E-state index in [4.69, 9.17) is 0 Å². The fourth-order valence-electron chi connectivity index (χ4n) is 6.30. The number of aryl methyl sites for hydroxylation is 2. The van der Waals surface area contributed by atoms with Crippen molar-refractivity contribution in [3.63, 3.8) is 0 Å². The number of hydrogen-bond donors (Lipinski definition) is 0. The Balaban J connectivity index is 1.38. The molecule has 160 valence electrons. The first-order valence-electron chi connectivity index (χ1n) is 12.2. The third-order valence-corrected chi connectivity index (χ3v) is 8.46. The molecule has 0 spiro atoms. The predicted molar refractivity (Wildman–Crippen MR) is 130 cm³/mol. The summed E-state index contributed by atoms with van der Waals surface area (Å²) in [6, 6.07) is 22.8. The molecule has 1 unspecified atom stereocenters. The van der Waals surface area contributed by atoms with Crippen LogP contribution < -0.4 is 4.57 Å². The summed E-state index contributed by atoms with van der Waals surface area (Å²) in [5, 5.41) is 0. The van der Waals surface area contributed by atoms with Crippen molar-refractivity contribution in [1.82, 2.24) is 0 Å². The average molecular weight is 411 g/mol. The first-order valence-corrected chi connectivity index (χ1v) is 12.2. The van der Waals surface area contributed by atoms with Crippen LogP contribution >= 0.6 is 0 Å². The monoisotopic (exact) mass is 410 g/mol. The normalized spacial score (nSPS) is 25.8. The molecular weight excluding hydrogens is 374 g/mol. The highest BCUT2D eigenvalue weighted by Crippen LogP contribution is 2.53. The first-order chi connectivity index (χ1) is 15.0. The third kappa shape index (κ3) is 3.95. The van der Waals surface area contributed by atoms with Crippen molar-refractivity contribution in [3.05, 3.63) is 78.0 Å². The fourth-order valence-corrected chi connectivity index (χ4v) is 6.30. The lowest BCUT2D eigenvalue weighted by Crippen LogP contribution is -2.36. The fraction of sp³-hybridized carbons (Fsp3) is 0.433. The minimum Gasteiger partial charge on any atom is -0.201 e. The lowest BCUT2D eigenvalue weighted by atomic mass is 9.57. The Hall–Kier alpha value is -2.41. The summed E-state index contributed by atoms with van der Waals surface area (Å²) in [7, 11) is 2.14. The van der Waals surface area contributed by atoms with Crippen LogP contribution in [0.3, 0.4) is 0 Å². The van der Waals surface area contributed by atoms with E-state index < -0.39 is 0 Å². The molecule has 31 heavy (non-hydrogen) atoms. The molecule has 2 aliphatic carbocycles. The Morgan fingerprint density at radius 2 is 1.68 bits per heavy atom. The predicted octanol–water partition coefficient (Wildman–Crippen LogP) is 7.62. The van der Waals surface area contributed by atoms with Crippen LogP contribution in [0.25, 0.3) is 22.4 Å². The molecule has 5 rings (SSSR count). The molecule has 2 aromatic carbocycles. The summed E-state index contributed by atoms with van der Waals surface area (Å²) in [6.45, 7) is 4.76. The molecule has 2 aliphatic rings. The van der Waals surface area contributed by atoms with Crippen LogP contribution in [0, 0.1) is 18.3 Å². The SMILES string of the molecule is Cc1ccccc1-c1cc(-c2ccc(C3CC[C@]4(C)CCCC[C@H]4C3)cc2)cc[n+]1C. The zero-order valence-electron chi connectivity index (χ0n) is 19.4. The molecule has 0 radical (unpaired) electrons. The van der Waals surface area contributed by atoms with Gasteiger partial charge in [0.25, 0.3) is 0 Å². The van der Waals surface area contributed by atoms with E-state index in [-0.39, 0.29) is 0 Å². The van der Waals surface area contributed by atoms with Gasteiger partial charge in [-0.2, -0.15) is 0 Å². The Bertz CT molecular complexity index is 1060. The van der Waals surface area contributed by atoms with Crippen molar-refractivity contribution >= 4 is 0 Å². The first kappa shape index (κ1) is 20.5. The number of pyridine rings is 1. The van der Waals surface area contributed by atoms with Crippen molar-refractivity contribution in [2.45, 2.75) is 64.7 Å². The van der Waals surface area contributed by atoms with E-state index in [1.165, 1.54) is 72.9 Å². The second-order valence-corrected chi connectivity index (χ2v) is 10.4. The average Bonchev–Trinajstić information content (AvgIpc) is 2.79. The molecule has 0 aliphatic heterocycles. The van der Waals surface area contributed by atoms with Crippen molar-refractivity contribution < 1.29 is 4.57 Å². The van der Waals surface area contributed by atoms with E-state index in [1.807, 2.05) is 0 Å². The van der Waals surface area contributed by atoms with Crippen LogP contribution in [-0.2, 0) is 7.05 Å². The molecule has 0 amide bonds. The molecule has 2 saturated carbocycles. The van der Waals surface area contributed by atoms with Crippen molar-refractivity contribution in [2.75, 3.05) is 0 Å². The lowest BCUT2D eigenvalue weighted by Gasteiger charge is -2.48. The van der Waals surface area contributed by atoms with Gasteiger partial charge in [-0.05, 0) is 84.6 Å². The van der Waals surface area contributed by atoms with Crippen molar-refractivity contribution in [3.8, 4) is 22.4 Å². The van der Waals surface area contributed by atoms with Crippen LogP contribution in [0.15, 0.2) is 66.9 Å². The van der Waals surface area contributed by atoms with E-state index in [2.05, 4.69) is 92.3 Å². The Morgan fingerprint density at radius 3 is 2.48 bits per heavy atom. The van der Waals surface area contributed by atoms with E-state index in [1.54, 1.807) is 5.56 Å². The second kappa shape index (κ2) is 8.26. The van der Waals surface area contributed by atoms with Gasteiger partial charge in [-0.15, -0.1) is 0 Å². The number of aromatic nitrogens is 1. The van der Waals surface area contributed by atoms with Crippen molar-refractivity contribution in [1.29, 1.82) is 0 Å². The second-order valence-electron chi connectivity index (χ2n) is 10.4. The van der Waals surface area contributed by atoms with Crippen LogP contribution in [-0.4, -0.2) is 0 Å². The van der Waals surface area contributed by atoms with Gasteiger partial charge < -0.3 is 0 Å². The molecule has 1 nitrogen and oxygen atoms in total. The molecule has 0 saturated heterocycles. The van der Waals surface area contributed by atoms with Crippen molar-refractivity contribution in [2.24, 2.45) is 18.4 Å². The van der Waals surface area contributed by atoms with Gasteiger partial charge in [0.15, 0.2) is 6.20 Å². The lowest BCUT2D eigenvalue weighted by molar-refractivity contribution is -0.660. The van der Waals surface area contributed by atoms with Crippen LogP contribution in [0.2, 0.25) is 0 Å². The zero-order chi connectivity index (χ0) is 21.4. The number of benzene rings is 2. The zero-order valence-corrected chi connectivity index (χ0v) is 19.4. The maximum absolute atomic E-state index is 2.57. The smallest absolute Gasteiger partial charge is 0.201 e. The van der Waals surface area contributed by atoms with Gasteiger partial charge >= 0.3 is 0 Å². The van der Waals surface area contributed by atoms with E-state index in [9.17, 15) is 0 Å². The standard InChI is InChI=1S/C30H36N/c1-22-8-4-5-10-28(22)29-21-26(16-19-31(29)3)24-13-11-23(12-14-24)25-15-18-30(2)17-7-6-9-27(30)20-25/h4-5,8,10-14,16,19,21,25,27H,6-7,9,15,17-18,20H2,1-3H3/q+1/t25?,27-,30-/m0/s1. The van der Waals surface area contributed by atoms with Crippen LogP contribution in [0.5, 0.6) is 0 Å². The summed E-state index contributed by atoms with van der Waals surface area (Å²) in [4.78, 5) is 0. The maximum atomic E-state index is 2.57. The topological polar surface area (TPSA) is 3.88 Å². The molecule has 3 aromatic rings. The van der Waals surface area contributed by atoms with E-state index in [0.29, 0.717) is 5.41 Å². The Labute approximate surface area is 188 Å². The molecule has 0 bridgehead atoms. The molecule has 1 heterocycles. The maximum Gasteiger partial charge on any atom is 0.213 e. The van der Waals surface area contributed by atoms with Gasteiger partial charge in [0.2, 0.25) is 5.69 Å². The van der Waals surface area contributed by atoms with Gasteiger partial charge in [0, 0.05) is 17.7 Å². The minimum atomic E-state index is 0.625. The molecule has 0 N–H and O–H groups in total. The van der Waals surface area contributed by atoms with E-state index >= 15 is 0 Å². The molecular formula is C30H36N+. The molecule has 2 fully saturated rings. The highest BCUT2D eigenvalue weighted by atomic mass is 14.9. The highest BCUT2D eigenvalue weighted by Gasteiger charge is 2.41. The summed E-state index contributed by atoms with van der Waals surface area (Å²) in [6.07, 6.45) is 12.2. The summed E-state index contributed by atoms with van der Waals surface area (Å²) in [5.41, 5.74) is 8.68. The number of hydrogen-bond acceptors (Lipinski definition) is 0. The number of fused-ring (bicyclic) bond motifs is 1. The molecule has 1 heteroatoms. The Kier molecular flexibility index (Phi) is 5.46. The highest BCUT2D eigenvalue weighted by molar-refractivity contribution is 5.70. The Morgan fingerprint density at radius 1 is 0.871 bits per heavy atom. The van der Waals surface area contributed by atoms with Gasteiger partial charge in [0.1, 0.15) is 7.05 Å². The van der Waals surface area contributed by atoms with Crippen LogP contribution in [0.4, 0.5) is 0 Å². The minimum absolute atomic E-state index is 0.625. The largest absolute Gasteiger partial charge is 0.213 e. The van der Waals surface area contributed by atoms with Gasteiger partial charge in [-0.25, -0.2) is 4.57 Å². The van der Waals surface area contributed by atoms with Gasteiger partial charge in [0.05, 0.1) is 0 Å². The number of rotatable bonds is 3. The van der Waals surface area contributed by atoms with Crippen LogP contribution in [0.1, 0.15) is 68.9 Å². The quantitative estimate of drug-likeness (QED) is 0.391. The van der Waals surface area contributed by atoms with Gasteiger partial charge in [-0.3, -0.25) is 0 Å².